The minimum atomic E-state index is -0.743. The molecule has 1 aromatic carbocycles. The molecule has 0 heterocycles. The van der Waals surface area contributed by atoms with Gasteiger partial charge in [-0.1, -0.05) is 25.0 Å². The Labute approximate surface area is 118 Å². The molecule has 1 fully saturated rings. The van der Waals surface area contributed by atoms with E-state index in [1.165, 1.54) is 18.2 Å². The molecule has 0 saturated heterocycles. The average Bonchev–Trinajstić information content (AvgIpc) is 2.85. The monoisotopic (exact) mass is 277 g/mol. The predicted molar refractivity (Wildman–Crippen MR) is 76.5 cm³/mol. The molecule has 0 spiro atoms. The zero-order valence-electron chi connectivity index (χ0n) is 11.7. The maximum Gasteiger partial charge on any atom is 0.244 e. The van der Waals surface area contributed by atoms with Crippen LogP contribution in [-0.4, -0.2) is 23.2 Å². The number of aliphatic hydroxyl groups is 1. The van der Waals surface area contributed by atoms with Gasteiger partial charge in [-0.05, 0) is 43.0 Å². The molecule has 108 valence electrons. The number of rotatable bonds is 4. The molecule has 1 aromatic rings. The van der Waals surface area contributed by atoms with Crippen LogP contribution in [0.15, 0.2) is 30.3 Å². The van der Waals surface area contributed by atoms with Gasteiger partial charge in [-0.25, -0.2) is 4.39 Å². The summed E-state index contributed by atoms with van der Waals surface area (Å²) in [6.07, 6.45) is 4.99. The summed E-state index contributed by atoms with van der Waals surface area (Å²) in [5.74, 6) is -0.526. The predicted octanol–water partition coefficient (Wildman–Crippen LogP) is 2.65. The molecule has 1 aliphatic carbocycles. The number of halogens is 1. The number of carbonyl (C=O) groups excluding carboxylic acids is 1. The quantitative estimate of drug-likeness (QED) is 0.831. The molecule has 3 nitrogen and oxygen atoms in total. The lowest BCUT2D eigenvalue weighted by atomic mass is 10.0. The van der Waals surface area contributed by atoms with Gasteiger partial charge < -0.3 is 10.4 Å². The van der Waals surface area contributed by atoms with Crippen molar-refractivity contribution in [3.63, 3.8) is 0 Å². The minimum Gasteiger partial charge on any atom is -0.388 e. The Balaban J connectivity index is 1.92. The number of benzene rings is 1. The van der Waals surface area contributed by atoms with E-state index in [-0.39, 0.29) is 11.7 Å². The molecule has 0 aliphatic heterocycles. The molecular weight excluding hydrogens is 257 g/mol. The van der Waals surface area contributed by atoms with Crippen LogP contribution in [0.4, 0.5) is 4.39 Å². The minimum absolute atomic E-state index is 0.229. The first-order valence-electron chi connectivity index (χ1n) is 6.93. The van der Waals surface area contributed by atoms with Gasteiger partial charge in [0.2, 0.25) is 5.91 Å². The van der Waals surface area contributed by atoms with Crippen molar-refractivity contribution in [1.82, 2.24) is 5.32 Å². The third-order valence-corrected chi connectivity index (χ3v) is 3.77. The third kappa shape index (κ3) is 3.90. The first-order chi connectivity index (χ1) is 9.48. The molecule has 1 aliphatic rings. The smallest absolute Gasteiger partial charge is 0.244 e. The molecule has 1 saturated carbocycles. The van der Waals surface area contributed by atoms with Crippen LogP contribution in [-0.2, 0) is 4.79 Å². The van der Waals surface area contributed by atoms with Gasteiger partial charge in [0.25, 0.3) is 0 Å². The second-order valence-corrected chi connectivity index (χ2v) is 5.48. The Morgan fingerprint density at radius 2 is 1.95 bits per heavy atom. The van der Waals surface area contributed by atoms with Crippen LogP contribution >= 0.6 is 0 Å². The van der Waals surface area contributed by atoms with Gasteiger partial charge in [-0.3, -0.25) is 4.79 Å². The fraction of sp³-hybridized carbons (Fsp3) is 0.438. The lowest BCUT2D eigenvalue weighted by Crippen LogP contribution is -2.40. The Hall–Kier alpha value is -1.68. The van der Waals surface area contributed by atoms with Crippen molar-refractivity contribution in [2.24, 2.45) is 0 Å². The molecule has 0 atom stereocenters. The SMILES string of the molecule is C/C(=C/C(=O)NCC1(O)CCCC1)c1ccc(F)cc1. The summed E-state index contributed by atoms with van der Waals surface area (Å²) in [7, 11) is 0. The summed E-state index contributed by atoms with van der Waals surface area (Å²) in [5.41, 5.74) is 0.829. The summed E-state index contributed by atoms with van der Waals surface area (Å²) in [6.45, 7) is 2.09. The molecule has 2 rings (SSSR count). The summed E-state index contributed by atoms with van der Waals surface area (Å²) in [6, 6.07) is 6.01. The zero-order valence-corrected chi connectivity index (χ0v) is 11.7. The Bertz CT molecular complexity index is 502. The van der Waals surface area contributed by atoms with Crippen LogP contribution in [0.3, 0.4) is 0 Å². The van der Waals surface area contributed by atoms with Gasteiger partial charge in [0.15, 0.2) is 0 Å². The van der Waals surface area contributed by atoms with Crippen LogP contribution in [0, 0.1) is 5.82 Å². The van der Waals surface area contributed by atoms with Crippen molar-refractivity contribution in [2.45, 2.75) is 38.2 Å². The van der Waals surface area contributed by atoms with E-state index in [2.05, 4.69) is 5.32 Å². The lowest BCUT2D eigenvalue weighted by Gasteiger charge is -2.21. The van der Waals surface area contributed by atoms with E-state index in [4.69, 9.17) is 0 Å². The van der Waals surface area contributed by atoms with Crippen LogP contribution in [0.25, 0.3) is 5.57 Å². The van der Waals surface area contributed by atoms with Crippen molar-refractivity contribution in [3.8, 4) is 0 Å². The van der Waals surface area contributed by atoms with Gasteiger partial charge in [-0.15, -0.1) is 0 Å². The zero-order chi connectivity index (χ0) is 14.6. The largest absolute Gasteiger partial charge is 0.388 e. The standard InChI is InChI=1S/C16H20FNO2/c1-12(13-4-6-14(17)7-5-13)10-15(19)18-11-16(20)8-2-3-9-16/h4-7,10,20H,2-3,8-9,11H2,1H3,(H,18,19)/b12-10-. The van der Waals surface area contributed by atoms with Crippen molar-refractivity contribution in [1.29, 1.82) is 0 Å². The summed E-state index contributed by atoms with van der Waals surface area (Å²) >= 11 is 0. The molecule has 2 N–H and O–H groups in total. The third-order valence-electron chi connectivity index (χ3n) is 3.77. The summed E-state index contributed by atoms with van der Waals surface area (Å²) in [4.78, 5) is 11.8. The van der Waals surface area contributed by atoms with Gasteiger partial charge in [0.1, 0.15) is 5.82 Å². The highest BCUT2D eigenvalue weighted by molar-refractivity contribution is 5.94. The Morgan fingerprint density at radius 1 is 1.35 bits per heavy atom. The maximum atomic E-state index is 12.8. The second-order valence-electron chi connectivity index (χ2n) is 5.48. The van der Waals surface area contributed by atoms with Crippen molar-refractivity contribution in [3.05, 3.63) is 41.7 Å². The van der Waals surface area contributed by atoms with Crippen molar-refractivity contribution >= 4 is 11.5 Å². The Kier molecular flexibility index (Phi) is 4.55. The van der Waals surface area contributed by atoms with Gasteiger partial charge in [-0.2, -0.15) is 0 Å². The molecule has 0 radical (unpaired) electrons. The van der Waals surface area contributed by atoms with E-state index in [0.29, 0.717) is 6.54 Å². The first kappa shape index (κ1) is 14.7. The fourth-order valence-corrected chi connectivity index (χ4v) is 2.51. The molecule has 20 heavy (non-hydrogen) atoms. The second kappa shape index (κ2) is 6.18. The van der Waals surface area contributed by atoms with Crippen LogP contribution in [0.2, 0.25) is 0 Å². The summed E-state index contributed by atoms with van der Waals surface area (Å²) < 4.78 is 12.8. The first-order valence-corrected chi connectivity index (χ1v) is 6.93. The fourth-order valence-electron chi connectivity index (χ4n) is 2.51. The van der Waals surface area contributed by atoms with Crippen LogP contribution < -0.4 is 5.32 Å². The van der Waals surface area contributed by atoms with Crippen molar-refractivity contribution < 1.29 is 14.3 Å². The lowest BCUT2D eigenvalue weighted by molar-refractivity contribution is -0.117. The summed E-state index contributed by atoms with van der Waals surface area (Å²) in [5, 5.41) is 12.9. The Morgan fingerprint density at radius 3 is 2.55 bits per heavy atom. The normalized spacial score (nSPS) is 18.1. The number of amides is 1. The maximum absolute atomic E-state index is 12.8. The van der Waals surface area contributed by atoms with Gasteiger partial charge in [0.05, 0.1) is 5.60 Å². The number of hydrogen-bond acceptors (Lipinski definition) is 2. The van der Waals surface area contributed by atoms with Gasteiger partial charge in [0, 0.05) is 12.6 Å². The number of carbonyl (C=O) groups is 1. The van der Waals surface area contributed by atoms with E-state index >= 15 is 0 Å². The van der Waals surface area contributed by atoms with Crippen LogP contribution in [0.5, 0.6) is 0 Å². The molecule has 1 amide bonds. The number of nitrogens with one attached hydrogen (secondary N) is 1. The highest BCUT2D eigenvalue weighted by Gasteiger charge is 2.30. The van der Waals surface area contributed by atoms with E-state index in [0.717, 1.165) is 36.8 Å². The van der Waals surface area contributed by atoms with Gasteiger partial charge >= 0.3 is 0 Å². The molecule has 4 heteroatoms. The number of hydrogen-bond donors (Lipinski definition) is 2. The van der Waals surface area contributed by atoms with E-state index in [9.17, 15) is 14.3 Å². The molecule has 0 unspecified atom stereocenters. The topological polar surface area (TPSA) is 49.3 Å². The molecule has 0 bridgehead atoms. The number of allylic oxidation sites excluding steroid dienone is 1. The van der Waals surface area contributed by atoms with E-state index < -0.39 is 5.60 Å². The highest BCUT2D eigenvalue weighted by atomic mass is 19.1. The highest BCUT2D eigenvalue weighted by Crippen LogP contribution is 2.28. The van der Waals surface area contributed by atoms with E-state index in [1.807, 2.05) is 0 Å². The average molecular weight is 277 g/mol. The molecular formula is C16H20FNO2. The molecule has 0 aromatic heterocycles. The van der Waals surface area contributed by atoms with Crippen molar-refractivity contribution in [2.75, 3.05) is 6.54 Å². The van der Waals surface area contributed by atoms with Crippen LogP contribution in [0.1, 0.15) is 38.2 Å². The van der Waals surface area contributed by atoms with E-state index in [1.54, 1.807) is 19.1 Å².